The molecule has 3 heterocycles. The summed E-state index contributed by atoms with van der Waals surface area (Å²) in [5.74, 6) is 0.988. The van der Waals surface area contributed by atoms with Crippen molar-refractivity contribution in [3.05, 3.63) is 69.6 Å². The number of fused-ring (bicyclic) bond motifs is 2. The SMILES string of the molecule is CCn1c(=O)c(C)nc2cc(C(=O)N3CCC4(CCCCc5ccccc5OCCCC(=O)NC4)CC3)ccc21. The zero-order valence-corrected chi connectivity index (χ0v) is 23.7. The van der Waals surface area contributed by atoms with Gasteiger partial charge in [-0.3, -0.25) is 14.4 Å². The fraction of sp³-hybridized carbons (Fsp3) is 0.500. The molecule has 0 bridgehead atoms. The molecule has 0 saturated carbocycles. The van der Waals surface area contributed by atoms with Gasteiger partial charge in [0.1, 0.15) is 11.4 Å². The molecule has 1 N–H and O–H groups in total. The van der Waals surface area contributed by atoms with E-state index in [1.807, 2.05) is 36.1 Å². The van der Waals surface area contributed by atoms with Crippen LogP contribution in [0.25, 0.3) is 11.0 Å². The van der Waals surface area contributed by atoms with Crippen LogP contribution in [0.5, 0.6) is 5.75 Å². The van der Waals surface area contributed by atoms with E-state index < -0.39 is 0 Å². The van der Waals surface area contributed by atoms with Crippen LogP contribution >= 0.6 is 0 Å². The summed E-state index contributed by atoms with van der Waals surface area (Å²) in [6.07, 6.45) is 6.97. The normalized spacial score (nSPS) is 18.4. The molecule has 2 amide bonds. The molecule has 0 aliphatic carbocycles. The Bertz CT molecular complexity index is 1440. The zero-order chi connectivity index (χ0) is 28.1. The molecular weight excluding hydrogens is 504 g/mol. The van der Waals surface area contributed by atoms with E-state index in [0.717, 1.165) is 49.8 Å². The number of benzene rings is 2. The van der Waals surface area contributed by atoms with E-state index in [0.29, 0.717) is 62.4 Å². The lowest BCUT2D eigenvalue weighted by Crippen LogP contribution is -2.48. The summed E-state index contributed by atoms with van der Waals surface area (Å²) in [4.78, 5) is 45.0. The highest BCUT2D eigenvalue weighted by Crippen LogP contribution is 2.37. The van der Waals surface area contributed by atoms with Crippen molar-refractivity contribution in [3.63, 3.8) is 0 Å². The van der Waals surface area contributed by atoms with Gasteiger partial charge in [0.15, 0.2) is 0 Å². The number of ether oxygens (including phenoxy) is 1. The van der Waals surface area contributed by atoms with E-state index >= 15 is 0 Å². The molecule has 2 aliphatic heterocycles. The third kappa shape index (κ3) is 6.06. The average molecular weight is 545 g/mol. The molecule has 1 fully saturated rings. The molecule has 1 spiro atoms. The lowest BCUT2D eigenvalue weighted by atomic mass is 9.74. The molecule has 5 rings (SSSR count). The van der Waals surface area contributed by atoms with Gasteiger partial charge in [0.05, 0.1) is 17.6 Å². The molecule has 3 aromatic rings. The predicted octanol–water partition coefficient (Wildman–Crippen LogP) is 4.65. The molecular formula is C32H40N4O4. The van der Waals surface area contributed by atoms with Crippen molar-refractivity contribution < 1.29 is 14.3 Å². The van der Waals surface area contributed by atoms with Crippen LogP contribution in [-0.2, 0) is 17.8 Å². The Morgan fingerprint density at radius 1 is 1.02 bits per heavy atom. The second kappa shape index (κ2) is 12.2. The van der Waals surface area contributed by atoms with E-state index in [2.05, 4.69) is 22.4 Å². The number of nitrogens with one attached hydrogen (secondary N) is 1. The van der Waals surface area contributed by atoms with Crippen molar-refractivity contribution in [2.24, 2.45) is 5.41 Å². The number of rotatable bonds is 2. The van der Waals surface area contributed by atoms with Crippen molar-refractivity contribution in [2.75, 3.05) is 26.2 Å². The highest BCUT2D eigenvalue weighted by atomic mass is 16.5. The van der Waals surface area contributed by atoms with Gasteiger partial charge in [0, 0.05) is 38.2 Å². The highest BCUT2D eigenvalue weighted by Gasteiger charge is 2.36. The lowest BCUT2D eigenvalue weighted by Gasteiger charge is -2.42. The topological polar surface area (TPSA) is 93.5 Å². The standard InChI is InChI=1S/C32H40N4O4/c1-3-36-27-14-13-25(21-26(27)34-23(2)30(36)38)31(39)35-18-16-32(17-19-35)15-7-6-10-24-9-4-5-11-28(24)40-20-8-12-29(37)33-22-32/h4-5,9,11,13-14,21H,3,6-8,10,12,15-20,22H2,1-2H3,(H,33,37). The maximum Gasteiger partial charge on any atom is 0.272 e. The molecule has 0 unspecified atom stereocenters. The van der Waals surface area contributed by atoms with Crippen molar-refractivity contribution in [2.45, 2.75) is 71.8 Å². The molecule has 40 heavy (non-hydrogen) atoms. The van der Waals surface area contributed by atoms with Gasteiger partial charge in [-0.05, 0) is 87.6 Å². The van der Waals surface area contributed by atoms with Crippen molar-refractivity contribution in [1.82, 2.24) is 19.8 Å². The number of likely N-dealkylation sites (tertiary alicyclic amines) is 1. The highest BCUT2D eigenvalue weighted by molar-refractivity contribution is 5.97. The van der Waals surface area contributed by atoms with Gasteiger partial charge < -0.3 is 19.5 Å². The first-order valence-corrected chi connectivity index (χ1v) is 14.7. The van der Waals surface area contributed by atoms with E-state index in [4.69, 9.17) is 4.74 Å². The first-order chi connectivity index (χ1) is 19.4. The van der Waals surface area contributed by atoms with E-state index in [1.54, 1.807) is 17.6 Å². The number of amides is 2. The molecule has 2 aliphatic rings. The quantitative estimate of drug-likeness (QED) is 0.507. The summed E-state index contributed by atoms with van der Waals surface area (Å²) >= 11 is 0. The number of aromatic nitrogens is 2. The van der Waals surface area contributed by atoms with Crippen LogP contribution in [0.15, 0.2) is 47.3 Å². The van der Waals surface area contributed by atoms with Crippen LogP contribution in [0, 0.1) is 12.3 Å². The third-order valence-corrected chi connectivity index (χ3v) is 8.63. The minimum atomic E-state index is -0.0942. The summed E-state index contributed by atoms with van der Waals surface area (Å²) in [7, 11) is 0. The number of para-hydroxylation sites is 1. The van der Waals surface area contributed by atoms with Crippen LogP contribution in [-0.4, -0.2) is 52.5 Å². The van der Waals surface area contributed by atoms with Crippen LogP contribution in [0.2, 0.25) is 0 Å². The number of nitrogens with zero attached hydrogens (tertiary/aromatic N) is 3. The fourth-order valence-electron chi connectivity index (χ4n) is 6.16. The van der Waals surface area contributed by atoms with Gasteiger partial charge in [0.2, 0.25) is 5.91 Å². The van der Waals surface area contributed by atoms with Gasteiger partial charge >= 0.3 is 0 Å². The summed E-state index contributed by atoms with van der Waals surface area (Å²) in [5, 5.41) is 3.20. The van der Waals surface area contributed by atoms with Gasteiger partial charge in [0.25, 0.3) is 11.5 Å². The van der Waals surface area contributed by atoms with Gasteiger partial charge in [-0.1, -0.05) is 24.6 Å². The first kappa shape index (κ1) is 27.9. The molecule has 8 nitrogen and oxygen atoms in total. The summed E-state index contributed by atoms with van der Waals surface area (Å²) < 4.78 is 7.67. The summed E-state index contributed by atoms with van der Waals surface area (Å²) in [5.41, 5.74) is 3.57. The van der Waals surface area contributed by atoms with Crippen molar-refractivity contribution in [1.29, 1.82) is 0 Å². The molecule has 8 heteroatoms. The second-order valence-electron chi connectivity index (χ2n) is 11.3. The van der Waals surface area contributed by atoms with Crippen LogP contribution in [0.3, 0.4) is 0 Å². The Balaban J connectivity index is 1.27. The number of carbonyl (C=O) groups excluding carboxylic acids is 2. The largest absolute Gasteiger partial charge is 0.493 e. The van der Waals surface area contributed by atoms with E-state index in [9.17, 15) is 14.4 Å². The summed E-state index contributed by atoms with van der Waals surface area (Å²) in [6, 6.07) is 13.7. The van der Waals surface area contributed by atoms with E-state index in [1.165, 1.54) is 5.56 Å². The molecule has 2 aromatic carbocycles. The number of piperidine rings is 1. The Kier molecular flexibility index (Phi) is 8.52. The zero-order valence-electron chi connectivity index (χ0n) is 23.7. The van der Waals surface area contributed by atoms with Gasteiger partial charge in [-0.2, -0.15) is 0 Å². The predicted molar refractivity (Wildman–Crippen MR) is 156 cm³/mol. The molecule has 0 radical (unpaired) electrons. The van der Waals surface area contributed by atoms with Crippen LogP contribution in [0.1, 0.15) is 73.5 Å². The number of hydrogen-bond acceptors (Lipinski definition) is 5. The van der Waals surface area contributed by atoms with Crippen LogP contribution < -0.4 is 15.6 Å². The molecule has 1 saturated heterocycles. The molecule has 0 atom stereocenters. The second-order valence-corrected chi connectivity index (χ2v) is 11.3. The Morgan fingerprint density at radius 3 is 2.62 bits per heavy atom. The lowest BCUT2D eigenvalue weighted by molar-refractivity contribution is -0.122. The van der Waals surface area contributed by atoms with Crippen molar-refractivity contribution >= 4 is 22.8 Å². The number of carbonyl (C=O) groups is 2. The van der Waals surface area contributed by atoms with Gasteiger partial charge in [-0.25, -0.2) is 4.98 Å². The summed E-state index contributed by atoms with van der Waals surface area (Å²) in [6.45, 7) is 6.70. The minimum absolute atomic E-state index is 0.00742. The van der Waals surface area contributed by atoms with Crippen LogP contribution in [0.4, 0.5) is 0 Å². The first-order valence-electron chi connectivity index (χ1n) is 14.7. The van der Waals surface area contributed by atoms with Gasteiger partial charge in [-0.15, -0.1) is 0 Å². The number of aryl methyl sites for hydroxylation is 3. The smallest absolute Gasteiger partial charge is 0.272 e. The maximum atomic E-state index is 13.5. The molecule has 1 aromatic heterocycles. The number of hydrogen-bond donors (Lipinski definition) is 1. The van der Waals surface area contributed by atoms with Crippen molar-refractivity contribution in [3.8, 4) is 5.75 Å². The van der Waals surface area contributed by atoms with E-state index in [-0.39, 0.29) is 22.8 Å². The Labute approximate surface area is 235 Å². The average Bonchev–Trinajstić information content (AvgIpc) is 2.97. The monoisotopic (exact) mass is 544 g/mol. The Hall–Kier alpha value is -3.68. The minimum Gasteiger partial charge on any atom is -0.493 e. The molecule has 212 valence electrons. The fourth-order valence-corrected chi connectivity index (χ4v) is 6.16. The maximum absolute atomic E-state index is 13.5. The third-order valence-electron chi connectivity index (χ3n) is 8.63. The Morgan fingerprint density at radius 2 is 1.82 bits per heavy atom.